The highest BCUT2D eigenvalue weighted by Crippen LogP contribution is 2.32. The summed E-state index contributed by atoms with van der Waals surface area (Å²) in [6.45, 7) is 5.47. The van der Waals surface area contributed by atoms with Crippen molar-refractivity contribution in [3.05, 3.63) is 92.6 Å². The number of nitrogens with zero attached hydrogens (tertiary/aromatic N) is 8. The summed E-state index contributed by atoms with van der Waals surface area (Å²) in [7, 11) is 0. The maximum absolute atomic E-state index is 5.80. The minimum absolute atomic E-state index is 0. The minimum atomic E-state index is 0. The van der Waals surface area contributed by atoms with Gasteiger partial charge in [-0.2, -0.15) is 0 Å². The van der Waals surface area contributed by atoms with E-state index in [2.05, 4.69) is 93.5 Å². The minimum Gasteiger partial charge on any atom is -0.490 e. The fourth-order valence-corrected chi connectivity index (χ4v) is 6.61. The molecule has 0 aliphatic carbocycles. The lowest BCUT2D eigenvalue weighted by atomic mass is 10.0. The molecule has 246 valence electrons. The molecule has 2 aromatic carbocycles. The van der Waals surface area contributed by atoms with Crippen molar-refractivity contribution in [3.8, 4) is 11.5 Å². The zero-order chi connectivity index (χ0) is 32.2. The summed E-state index contributed by atoms with van der Waals surface area (Å²) in [6.07, 6.45) is 11.2. The van der Waals surface area contributed by atoms with Crippen LogP contribution in [-0.4, -0.2) is 57.6 Å². The fraction of sp³-hybridized carbons (Fsp3) is 0.312. The molecule has 4 aromatic heterocycles. The molecule has 15 heteroatoms. The number of aromatic nitrogens is 8. The van der Waals surface area contributed by atoms with Gasteiger partial charge in [0.1, 0.15) is 36.4 Å². The summed E-state index contributed by atoms with van der Waals surface area (Å²) in [5.74, 6) is 2.73. The Morgan fingerprint density at radius 2 is 1.40 bits per heavy atom. The largest absolute Gasteiger partial charge is 0.490 e. The van der Waals surface area contributed by atoms with Gasteiger partial charge in [-0.25, -0.2) is 9.97 Å². The molecule has 2 aliphatic heterocycles. The number of hydrogen-bond donors (Lipinski definition) is 2. The Balaban J connectivity index is 0.000000148. The van der Waals surface area contributed by atoms with Crippen molar-refractivity contribution in [1.29, 1.82) is 0 Å². The molecular weight excluding hydrogens is 748 g/mol. The molecule has 8 rings (SSSR count). The van der Waals surface area contributed by atoms with Crippen molar-refractivity contribution in [2.45, 2.75) is 64.6 Å². The molecule has 0 fully saturated rings. The van der Waals surface area contributed by atoms with Gasteiger partial charge in [-0.15, -0.1) is 20.4 Å². The van der Waals surface area contributed by atoms with Gasteiger partial charge in [0.25, 0.3) is 0 Å². The number of fused-ring (bicyclic) bond motifs is 4. The van der Waals surface area contributed by atoms with Crippen molar-refractivity contribution >= 4 is 60.9 Å². The number of nitrogens with two attached hydrogens (primary N) is 1. The van der Waals surface area contributed by atoms with Crippen LogP contribution in [0.25, 0.3) is 11.3 Å². The smallest absolute Gasteiger partial charge is 0.210 e. The summed E-state index contributed by atoms with van der Waals surface area (Å²) in [5.41, 5.74) is 12.2. The molecule has 0 radical (unpaired) electrons. The number of thioether (sulfide) groups is 1. The Bertz CT molecular complexity index is 1990. The van der Waals surface area contributed by atoms with Gasteiger partial charge in [0.15, 0.2) is 16.5 Å². The predicted molar refractivity (Wildman–Crippen MR) is 191 cm³/mol. The lowest BCUT2D eigenvalue weighted by Gasteiger charge is -2.10. The number of anilines is 1. The highest BCUT2D eigenvalue weighted by Gasteiger charge is 2.22. The first-order valence-electron chi connectivity index (χ1n) is 14.6. The van der Waals surface area contributed by atoms with E-state index in [0.29, 0.717) is 25.1 Å². The third kappa shape index (κ3) is 7.53. The van der Waals surface area contributed by atoms with E-state index in [0.717, 1.165) is 49.7 Å². The summed E-state index contributed by atoms with van der Waals surface area (Å²) >= 11 is 8.33. The van der Waals surface area contributed by atoms with Crippen LogP contribution in [-0.2, 0) is 25.9 Å². The third-order valence-corrected chi connectivity index (χ3v) is 9.27. The van der Waals surface area contributed by atoms with E-state index in [1.165, 1.54) is 22.3 Å². The SMILES string of the molecule is C.CC1Cc2c(CN)cccc2O1.CC1Cc2c(CNc3ncc(Br)c4nncn34)cccc2O1.CSc1ncc(Br)c2nncn12. The first kappa shape index (κ1) is 34.5. The monoisotopic (exact) mass is 782 g/mol. The molecular formula is C32H36Br2N10O2S. The molecule has 0 amide bonds. The molecule has 3 N–H and O–H groups in total. The maximum atomic E-state index is 5.80. The molecule has 6 heterocycles. The zero-order valence-electron chi connectivity index (χ0n) is 25.4. The second kappa shape index (κ2) is 15.4. The first-order valence-corrected chi connectivity index (χ1v) is 17.4. The number of rotatable bonds is 5. The molecule has 0 saturated carbocycles. The van der Waals surface area contributed by atoms with Crippen LogP contribution in [0.5, 0.6) is 11.5 Å². The Morgan fingerprint density at radius 1 is 0.851 bits per heavy atom. The van der Waals surface area contributed by atoms with Gasteiger partial charge in [0.2, 0.25) is 5.95 Å². The Kier molecular flexibility index (Phi) is 11.3. The predicted octanol–water partition coefficient (Wildman–Crippen LogP) is 6.54. The van der Waals surface area contributed by atoms with Crippen LogP contribution < -0.4 is 20.5 Å². The number of hydrogen-bond acceptors (Lipinski definition) is 11. The molecule has 0 bridgehead atoms. The van der Waals surface area contributed by atoms with Crippen LogP contribution in [0.2, 0.25) is 0 Å². The fourth-order valence-electron chi connectivity index (χ4n) is 5.37. The quantitative estimate of drug-likeness (QED) is 0.146. The van der Waals surface area contributed by atoms with Crippen LogP contribution in [0.3, 0.4) is 0 Å². The van der Waals surface area contributed by atoms with Crippen molar-refractivity contribution in [1.82, 2.24) is 39.2 Å². The van der Waals surface area contributed by atoms with Crippen molar-refractivity contribution in [2.24, 2.45) is 5.73 Å². The maximum Gasteiger partial charge on any atom is 0.210 e. The van der Waals surface area contributed by atoms with E-state index >= 15 is 0 Å². The van der Waals surface area contributed by atoms with Gasteiger partial charge >= 0.3 is 0 Å². The van der Waals surface area contributed by atoms with E-state index in [9.17, 15) is 0 Å². The lowest BCUT2D eigenvalue weighted by molar-refractivity contribution is 0.254. The normalized spacial score (nSPS) is 15.7. The van der Waals surface area contributed by atoms with Crippen LogP contribution in [0.1, 0.15) is 43.5 Å². The number of nitrogens with one attached hydrogen (secondary N) is 1. The van der Waals surface area contributed by atoms with E-state index in [1.54, 1.807) is 36.8 Å². The van der Waals surface area contributed by atoms with Gasteiger partial charge < -0.3 is 20.5 Å². The average Bonchev–Trinajstić information content (AvgIpc) is 3.87. The van der Waals surface area contributed by atoms with Gasteiger partial charge in [0.05, 0.1) is 8.95 Å². The van der Waals surface area contributed by atoms with Crippen LogP contribution in [0.4, 0.5) is 5.95 Å². The molecule has 2 aliphatic rings. The Labute approximate surface area is 294 Å². The molecule has 47 heavy (non-hydrogen) atoms. The highest BCUT2D eigenvalue weighted by molar-refractivity contribution is 9.11. The average molecular weight is 785 g/mol. The topological polar surface area (TPSA) is 143 Å². The highest BCUT2D eigenvalue weighted by atomic mass is 79.9. The second-order valence-electron chi connectivity index (χ2n) is 10.7. The Morgan fingerprint density at radius 3 is 2.02 bits per heavy atom. The van der Waals surface area contributed by atoms with E-state index < -0.39 is 0 Å². The molecule has 0 saturated heterocycles. The van der Waals surface area contributed by atoms with Crippen LogP contribution in [0.15, 0.2) is 75.5 Å². The number of benzene rings is 2. The summed E-state index contributed by atoms with van der Waals surface area (Å²) in [5, 5.41) is 20.0. The lowest BCUT2D eigenvalue weighted by Crippen LogP contribution is -2.08. The zero-order valence-corrected chi connectivity index (χ0v) is 29.4. The van der Waals surface area contributed by atoms with Crippen LogP contribution in [0, 0.1) is 0 Å². The van der Waals surface area contributed by atoms with Gasteiger partial charge in [-0.05, 0) is 75.2 Å². The van der Waals surface area contributed by atoms with E-state index in [-0.39, 0.29) is 13.5 Å². The van der Waals surface area contributed by atoms with Gasteiger partial charge in [-0.1, -0.05) is 43.5 Å². The third-order valence-electron chi connectivity index (χ3n) is 7.48. The summed E-state index contributed by atoms with van der Waals surface area (Å²) in [4.78, 5) is 8.59. The molecule has 2 unspecified atom stereocenters. The number of halogens is 2. The molecule has 6 aromatic rings. The standard InChI is InChI=1S/C15H14BrN5O.C10H13NO.C6H5BrN4S.CH4/c1-9-5-11-10(3-2-4-13(11)22-9)6-17-15-18-7-12(16)14-20-19-8-21(14)15;1-7-5-9-8(6-11)3-2-4-10(9)12-7;1-12-6-8-2-4(7)5-10-9-3-11(5)6;/h2-4,7-9H,5-6H2,1H3,(H,17,18);2-4,7H,5-6,11H2,1H3;2-3H,1H3;1H4. The molecule has 12 nitrogen and oxygen atoms in total. The molecule has 2 atom stereocenters. The van der Waals surface area contributed by atoms with E-state index in [1.807, 2.05) is 39.3 Å². The van der Waals surface area contributed by atoms with Crippen LogP contribution >= 0.6 is 43.6 Å². The van der Waals surface area contributed by atoms with E-state index in [4.69, 9.17) is 15.2 Å². The van der Waals surface area contributed by atoms with Crippen molar-refractivity contribution < 1.29 is 9.47 Å². The van der Waals surface area contributed by atoms with Crippen molar-refractivity contribution in [2.75, 3.05) is 11.6 Å². The Hall–Kier alpha value is -3.79. The summed E-state index contributed by atoms with van der Waals surface area (Å²) < 4.78 is 16.7. The van der Waals surface area contributed by atoms with Gasteiger partial charge in [-0.3, -0.25) is 8.80 Å². The molecule has 0 spiro atoms. The van der Waals surface area contributed by atoms with Crippen molar-refractivity contribution in [3.63, 3.8) is 0 Å². The van der Waals surface area contributed by atoms with Gasteiger partial charge in [0, 0.05) is 49.5 Å². The number of ether oxygens (including phenoxy) is 2. The summed E-state index contributed by atoms with van der Waals surface area (Å²) in [6, 6.07) is 12.3. The second-order valence-corrected chi connectivity index (χ2v) is 13.2. The first-order chi connectivity index (χ1) is 22.4.